The lowest BCUT2D eigenvalue weighted by Gasteiger charge is -2.37. The van der Waals surface area contributed by atoms with Gasteiger partial charge in [0.05, 0.1) is 12.6 Å². The lowest BCUT2D eigenvalue weighted by Crippen LogP contribution is -2.43. The summed E-state index contributed by atoms with van der Waals surface area (Å²) in [4.78, 5) is 24.9. The first-order chi connectivity index (χ1) is 12.1. The van der Waals surface area contributed by atoms with E-state index in [4.69, 9.17) is 0 Å². The van der Waals surface area contributed by atoms with Crippen LogP contribution in [-0.2, 0) is 7.05 Å². The van der Waals surface area contributed by atoms with Gasteiger partial charge in [0.2, 0.25) is 0 Å². The van der Waals surface area contributed by atoms with E-state index in [1.807, 2.05) is 30.3 Å². The third-order valence-corrected chi connectivity index (χ3v) is 5.24. The molecule has 1 aromatic carbocycles. The fourth-order valence-corrected chi connectivity index (χ4v) is 3.82. The van der Waals surface area contributed by atoms with Gasteiger partial charge in [-0.25, -0.2) is 0 Å². The maximum Gasteiger partial charge on any atom is 0.257 e. The van der Waals surface area contributed by atoms with Crippen molar-refractivity contribution in [3.63, 3.8) is 0 Å². The van der Waals surface area contributed by atoms with E-state index in [0.29, 0.717) is 0 Å². The SMILES string of the molecule is Cn1ccc(=O)c(C(=O)NC(c2ccccc2)C2(CO)CCCC2)c1. The van der Waals surface area contributed by atoms with Crippen LogP contribution in [0.3, 0.4) is 0 Å². The molecule has 1 aliphatic carbocycles. The van der Waals surface area contributed by atoms with Gasteiger partial charge in [0.15, 0.2) is 5.43 Å². The second-order valence-electron chi connectivity index (χ2n) is 6.93. The monoisotopic (exact) mass is 340 g/mol. The molecule has 0 aliphatic heterocycles. The standard InChI is InChI=1S/C20H24N2O3/c1-22-12-9-17(24)16(13-22)19(25)21-18(15-7-3-2-4-8-15)20(14-23)10-5-6-11-20/h2-4,7-9,12-13,18,23H,5-6,10-11,14H2,1H3,(H,21,25). The quantitative estimate of drug-likeness (QED) is 0.878. The van der Waals surface area contributed by atoms with E-state index in [9.17, 15) is 14.7 Å². The van der Waals surface area contributed by atoms with Gasteiger partial charge in [-0.1, -0.05) is 43.2 Å². The van der Waals surface area contributed by atoms with Crippen LogP contribution in [-0.4, -0.2) is 22.2 Å². The van der Waals surface area contributed by atoms with E-state index in [1.165, 1.54) is 6.07 Å². The number of aliphatic hydroxyl groups excluding tert-OH is 1. The van der Waals surface area contributed by atoms with Crippen molar-refractivity contribution < 1.29 is 9.90 Å². The Morgan fingerprint density at radius 2 is 1.92 bits per heavy atom. The van der Waals surface area contributed by atoms with E-state index in [2.05, 4.69) is 5.32 Å². The predicted octanol–water partition coefficient (Wildman–Crippen LogP) is 2.41. The van der Waals surface area contributed by atoms with Gasteiger partial charge in [0.25, 0.3) is 5.91 Å². The molecule has 1 saturated carbocycles. The first-order valence-electron chi connectivity index (χ1n) is 8.69. The Bertz CT molecular complexity index is 792. The molecule has 2 N–H and O–H groups in total. The van der Waals surface area contributed by atoms with E-state index in [-0.39, 0.29) is 29.1 Å². The van der Waals surface area contributed by atoms with Crippen molar-refractivity contribution >= 4 is 5.91 Å². The number of rotatable bonds is 5. The molecule has 1 aliphatic rings. The molecule has 0 spiro atoms. The van der Waals surface area contributed by atoms with Crippen molar-refractivity contribution in [1.29, 1.82) is 0 Å². The smallest absolute Gasteiger partial charge is 0.257 e. The summed E-state index contributed by atoms with van der Waals surface area (Å²) in [7, 11) is 1.77. The highest BCUT2D eigenvalue weighted by Gasteiger charge is 2.42. The molecule has 1 aromatic heterocycles. The number of nitrogens with zero attached hydrogens (tertiary/aromatic N) is 1. The van der Waals surface area contributed by atoms with Gasteiger partial charge in [-0.3, -0.25) is 9.59 Å². The van der Waals surface area contributed by atoms with Crippen LogP contribution in [0.25, 0.3) is 0 Å². The van der Waals surface area contributed by atoms with Crippen molar-refractivity contribution in [1.82, 2.24) is 9.88 Å². The number of hydrogen-bond acceptors (Lipinski definition) is 3. The van der Waals surface area contributed by atoms with Crippen molar-refractivity contribution in [2.45, 2.75) is 31.7 Å². The first kappa shape index (κ1) is 17.4. The molecule has 25 heavy (non-hydrogen) atoms. The highest BCUT2D eigenvalue weighted by atomic mass is 16.3. The zero-order chi connectivity index (χ0) is 17.9. The Morgan fingerprint density at radius 3 is 2.56 bits per heavy atom. The third-order valence-electron chi connectivity index (χ3n) is 5.24. The minimum atomic E-state index is -0.394. The highest BCUT2D eigenvalue weighted by molar-refractivity contribution is 5.94. The highest BCUT2D eigenvalue weighted by Crippen LogP contribution is 2.47. The van der Waals surface area contributed by atoms with Gasteiger partial charge < -0.3 is 15.0 Å². The number of hydrogen-bond donors (Lipinski definition) is 2. The van der Waals surface area contributed by atoms with Gasteiger partial charge in [-0.2, -0.15) is 0 Å². The van der Waals surface area contributed by atoms with Gasteiger partial charge in [-0.05, 0) is 18.4 Å². The van der Waals surface area contributed by atoms with Crippen LogP contribution in [0.1, 0.15) is 47.6 Å². The molecular weight excluding hydrogens is 316 g/mol. The summed E-state index contributed by atoms with van der Waals surface area (Å²) >= 11 is 0. The fourth-order valence-electron chi connectivity index (χ4n) is 3.82. The summed E-state index contributed by atoms with van der Waals surface area (Å²) in [6.45, 7) is 0.0135. The number of pyridine rings is 1. The Morgan fingerprint density at radius 1 is 1.24 bits per heavy atom. The first-order valence-corrected chi connectivity index (χ1v) is 8.69. The summed E-state index contributed by atoms with van der Waals surface area (Å²) in [6, 6.07) is 10.8. The molecule has 0 saturated heterocycles. The normalized spacial score (nSPS) is 17.2. The van der Waals surface area contributed by atoms with Crippen molar-refractivity contribution in [2.75, 3.05) is 6.61 Å². The Balaban J connectivity index is 1.97. The molecule has 1 atom stereocenters. The number of amides is 1. The summed E-state index contributed by atoms with van der Waals surface area (Å²) in [6.07, 6.45) is 6.95. The second kappa shape index (κ2) is 7.23. The molecule has 1 fully saturated rings. The number of carbonyl (C=O) groups excluding carboxylic acids is 1. The molecule has 5 heteroatoms. The number of benzene rings is 1. The molecular formula is C20H24N2O3. The van der Waals surface area contributed by atoms with Gasteiger partial charge >= 0.3 is 0 Å². The number of aryl methyl sites for hydroxylation is 1. The zero-order valence-corrected chi connectivity index (χ0v) is 14.4. The second-order valence-corrected chi connectivity index (χ2v) is 6.93. The Labute approximate surface area is 147 Å². The summed E-state index contributed by atoms with van der Waals surface area (Å²) < 4.78 is 1.69. The van der Waals surface area contributed by atoms with Crippen LogP contribution in [0.4, 0.5) is 0 Å². The van der Waals surface area contributed by atoms with Crippen LogP contribution >= 0.6 is 0 Å². The van der Waals surface area contributed by atoms with E-state index in [0.717, 1.165) is 31.2 Å². The summed E-state index contributed by atoms with van der Waals surface area (Å²) in [5.41, 5.74) is 0.403. The maximum absolute atomic E-state index is 12.8. The Hall–Kier alpha value is -2.40. The van der Waals surface area contributed by atoms with Crippen molar-refractivity contribution in [3.05, 3.63) is 70.1 Å². The topological polar surface area (TPSA) is 71.3 Å². The molecule has 0 bridgehead atoms. The number of carbonyl (C=O) groups is 1. The summed E-state index contributed by atoms with van der Waals surface area (Å²) in [5.74, 6) is -0.394. The lowest BCUT2D eigenvalue weighted by molar-refractivity contribution is 0.0698. The molecule has 0 radical (unpaired) electrons. The number of nitrogens with one attached hydrogen (secondary N) is 1. The Kier molecular flexibility index (Phi) is 5.04. The molecule has 3 rings (SSSR count). The van der Waals surface area contributed by atoms with E-state index >= 15 is 0 Å². The number of aliphatic hydroxyl groups is 1. The molecule has 1 heterocycles. The van der Waals surface area contributed by atoms with Crippen molar-refractivity contribution in [3.8, 4) is 0 Å². The van der Waals surface area contributed by atoms with Gasteiger partial charge in [0.1, 0.15) is 5.56 Å². The molecule has 1 unspecified atom stereocenters. The van der Waals surface area contributed by atoms with Crippen LogP contribution in [0.15, 0.2) is 53.6 Å². The number of aromatic nitrogens is 1. The van der Waals surface area contributed by atoms with Crippen LogP contribution in [0, 0.1) is 5.41 Å². The van der Waals surface area contributed by atoms with Crippen LogP contribution in [0.2, 0.25) is 0 Å². The zero-order valence-electron chi connectivity index (χ0n) is 14.4. The third kappa shape index (κ3) is 3.51. The lowest BCUT2D eigenvalue weighted by atomic mass is 9.76. The van der Waals surface area contributed by atoms with Gasteiger partial charge in [-0.15, -0.1) is 0 Å². The maximum atomic E-state index is 12.8. The van der Waals surface area contributed by atoms with Crippen LogP contribution in [0.5, 0.6) is 0 Å². The van der Waals surface area contributed by atoms with Gasteiger partial charge in [0, 0.05) is 30.9 Å². The minimum absolute atomic E-state index is 0.0135. The van der Waals surface area contributed by atoms with Crippen LogP contribution < -0.4 is 10.7 Å². The minimum Gasteiger partial charge on any atom is -0.396 e. The average Bonchev–Trinajstić information content (AvgIpc) is 3.12. The van der Waals surface area contributed by atoms with E-state index in [1.54, 1.807) is 24.0 Å². The average molecular weight is 340 g/mol. The van der Waals surface area contributed by atoms with E-state index < -0.39 is 5.91 Å². The molecule has 1 amide bonds. The molecule has 2 aromatic rings. The predicted molar refractivity (Wildman–Crippen MR) is 96.3 cm³/mol. The van der Waals surface area contributed by atoms with Crippen molar-refractivity contribution in [2.24, 2.45) is 12.5 Å². The summed E-state index contributed by atoms with van der Waals surface area (Å²) in [5, 5.41) is 13.2. The largest absolute Gasteiger partial charge is 0.396 e. The molecule has 5 nitrogen and oxygen atoms in total. The molecule has 132 valence electrons. The fraction of sp³-hybridized carbons (Fsp3) is 0.400.